The van der Waals surface area contributed by atoms with E-state index in [0.29, 0.717) is 49.8 Å². The lowest BCUT2D eigenvalue weighted by Crippen LogP contribution is -2.57. The van der Waals surface area contributed by atoms with Crippen molar-refractivity contribution >= 4 is 17.5 Å². The summed E-state index contributed by atoms with van der Waals surface area (Å²) in [5, 5.41) is 11.3. The van der Waals surface area contributed by atoms with Crippen LogP contribution in [0.2, 0.25) is 0 Å². The molecule has 1 spiro atoms. The summed E-state index contributed by atoms with van der Waals surface area (Å²) in [6.07, 6.45) is 2.90. The summed E-state index contributed by atoms with van der Waals surface area (Å²) in [5.41, 5.74) is 1.84. The van der Waals surface area contributed by atoms with E-state index in [1.165, 1.54) is 4.68 Å². The third-order valence-electron chi connectivity index (χ3n) is 6.86. The Hall–Kier alpha value is -4.08. The second kappa shape index (κ2) is 9.28. The summed E-state index contributed by atoms with van der Waals surface area (Å²) < 4.78 is 12.2. The molecule has 10 heteroatoms. The van der Waals surface area contributed by atoms with Crippen molar-refractivity contribution in [2.75, 3.05) is 38.9 Å². The van der Waals surface area contributed by atoms with Crippen LogP contribution in [0.1, 0.15) is 12.8 Å². The number of methoxy groups -OCH3 is 2. The van der Waals surface area contributed by atoms with E-state index < -0.39 is 5.54 Å². The molecule has 3 heterocycles. The zero-order valence-electron chi connectivity index (χ0n) is 19.8. The van der Waals surface area contributed by atoms with Gasteiger partial charge in [0.25, 0.3) is 0 Å². The molecule has 0 unspecified atom stereocenters. The maximum atomic E-state index is 13.0. The molecule has 35 heavy (non-hydrogen) atoms. The second-order valence-electron chi connectivity index (χ2n) is 8.71. The minimum Gasteiger partial charge on any atom is -0.493 e. The fourth-order valence-corrected chi connectivity index (χ4v) is 4.90. The molecule has 10 nitrogen and oxygen atoms in total. The third-order valence-corrected chi connectivity index (χ3v) is 6.86. The van der Waals surface area contributed by atoms with Crippen LogP contribution in [0.3, 0.4) is 0 Å². The number of para-hydroxylation sites is 1. The zero-order valence-corrected chi connectivity index (χ0v) is 19.8. The predicted molar refractivity (Wildman–Crippen MR) is 129 cm³/mol. The first-order valence-electron chi connectivity index (χ1n) is 11.6. The topological polar surface area (TPSA) is 102 Å². The molecule has 2 saturated heterocycles. The molecule has 1 N–H and O–H groups in total. The smallest absolute Gasteiger partial charge is 0.247 e. The van der Waals surface area contributed by atoms with E-state index in [2.05, 4.69) is 20.5 Å². The van der Waals surface area contributed by atoms with E-state index in [1.54, 1.807) is 31.4 Å². The van der Waals surface area contributed by atoms with Crippen molar-refractivity contribution in [1.82, 2.24) is 25.2 Å². The molecule has 0 atom stereocenters. The fourth-order valence-electron chi connectivity index (χ4n) is 4.90. The normalized spacial score (nSPS) is 16.9. The van der Waals surface area contributed by atoms with E-state index in [4.69, 9.17) is 9.47 Å². The van der Waals surface area contributed by atoms with Crippen LogP contribution in [0.4, 0.5) is 5.69 Å². The quantitative estimate of drug-likeness (QED) is 0.580. The molecule has 5 rings (SSSR count). The Morgan fingerprint density at radius 1 is 1.06 bits per heavy atom. The minimum atomic E-state index is -0.619. The van der Waals surface area contributed by atoms with Gasteiger partial charge < -0.3 is 24.6 Å². The summed E-state index contributed by atoms with van der Waals surface area (Å²) in [6, 6.07) is 15.4. The first kappa shape index (κ1) is 22.7. The fraction of sp³-hybridized carbons (Fsp3) is 0.360. The number of benzene rings is 2. The molecular formula is C25H28N6O4. The highest BCUT2D eigenvalue weighted by molar-refractivity contribution is 5.93. The molecule has 0 aliphatic carbocycles. The van der Waals surface area contributed by atoms with E-state index in [-0.39, 0.29) is 18.4 Å². The first-order valence-corrected chi connectivity index (χ1v) is 11.6. The Morgan fingerprint density at radius 2 is 1.80 bits per heavy atom. The van der Waals surface area contributed by atoms with Crippen molar-refractivity contribution in [3.05, 3.63) is 54.7 Å². The van der Waals surface area contributed by atoms with Gasteiger partial charge in [-0.1, -0.05) is 23.4 Å². The Balaban J connectivity index is 1.24. The maximum Gasteiger partial charge on any atom is 0.247 e. The van der Waals surface area contributed by atoms with Gasteiger partial charge in [0.1, 0.15) is 17.8 Å². The minimum absolute atomic E-state index is 0.0317. The van der Waals surface area contributed by atoms with Crippen molar-refractivity contribution in [2.24, 2.45) is 0 Å². The number of carbonyl (C=O) groups excluding carboxylic acids is 2. The van der Waals surface area contributed by atoms with E-state index in [1.807, 2.05) is 42.5 Å². The van der Waals surface area contributed by atoms with Gasteiger partial charge >= 0.3 is 0 Å². The molecule has 1 aromatic heterocycles. The highest BCUT2D eigenvalue weighted by Gasteiger charge is 2.50. The van der Waals surface area contributed by atoms with Gasteiger partial charge in [0.15, 0.2) is 11.5 Å². The molecule has 0 bridgehead atoms. The van der Waals surface area contributed by atoms with Gasteiger partial charge in [-0.25, -0.2) is 4.68 Å². The Kier molecular flexibility index (Phi) is 6.02. The molecule has 0 radical (unpaired) electrons. The van der Waals surface area contributed by atoms with Gasteiger partial charge in [0.05, 0.1) is 27.1 Å². The number of anilines is 1. The summed E-state index contributed by atoms with van der Waals surface area (Å²) >= 11 is 0. The van der Waals surface area contributed by atoms with Gasteiger partial charge in [0.2, 0.25) is 11.8 Å². The number of hydrogen-bond acceptors (Lipinski definition) is 7. The van der Waals surface area contributed by atoms with Gasteiger partial charge in [-0.2, -0.15) is 0 Å². The molecule has 3 aromatic rings. The van der Waals surface area contributed by atoms with Crippen molar-refractivity contribution in [3.63, 3.8) is 0 Å². The second-order valence-corrected chi connectivity index (χ2v) is 8.71. The summed E-state index contributed by atoms with van der Waals surface area (Å²) in [7, 11) is 3.16. The van der Waals surface area contributed by atoms with Crippen LogP contribution in [0.15, 0.2) is 54.7 Å². The van der Waals surface area contributed by atoms with Crippen molar-refractivity contribution < 1.29 is 19.1 Å². The summed E-state index contributed by atoms with van der Waals surface area (Å²) in [6.45, 7) is 1.58. The molecule has 182 valence electrons. The van der Waals surface area contributed by atoms with E-state index in [0.717, 1.165) is 11.3 Å². The van der Waals surface area contributed by atoms with Crippen LogP contribution < -0.4 is 19.7 Å². The number of nitrogens with one attached hydrogen (secondary N) is 1. The Bertz CT molecular complexity index is 1220. The molecule has 2 aliphatic rings. The van der Waals surface area contributed by atoms with Crippen LogP contribution in [0.25, 0.3) is 11.3 Å². The summed E-state index contributed by atoms with van der Waals surface area (Å²) in [5.74, 6) is 1.21. The number of hydrogen-bond donors (Lipinski definition) is 1. The number of likely N-dealkylation sites (tertiary alicyclic amines) is 1. The predicted octanol–water partition coefficient (Wildman–Crippen LogP) is 1.92. The molecule has 0 saturated carbocycles. The standard InChI is InChI=1S/C25H28N6O4/c1-34-21-9-8-18(14-22(21)35-2)20-15-30(28-27-20)16-23(32)29-12-10-25(11-13-29)24(33)26-17-31(25)19-6-4-3-5-7-19/h3-9,14-15H,10-13,16-17H2,1-2H3,(H,26,33). The van der Waals surface area contributed by atoms with Gasteiger partial charge in [-0.3, -0.25) is 9.59 Å². The number of carbonyl (C=O) groups is 2. The third kappa shape index (κ3) is 4.16. The lowest BCUT2D eigenvalue weighted by molar-refractivity contribution is -0.136. The SMILES string of the molecule is COc1ccc(-c2cn(CC(=O)N3CCC4(CC3)C(=O)NCN4c3ccccc3)nn2)cc1OC. The number of piperidine rings is 1. The summed E-state index contributed by atoms with van der Waals surface area (Å²) in [4.78, 5) is 29.8. The lowest BCUT2D eigenvalue weighted by atomic mass is 9.85. The van der Waals surface area contributed by atoms with Crippen LogP contribution in [-0.2, 0) is 16.1 Å². The monoisotopic (exact) mass is 476 g/mol. The van der Waals surface area contributed by atoms with Crippen LogP contribution >= 0.6 is 0 Å². The first-order chi connectivity index (χ1) is 17.0. The molecule has 2 aromatic carbocycles. The van der Waals surface area contributed by atoms with Gasteiger partial charge in [-0.15, -0.1) is 5.10 Å². The average molecular weight is 477 g/mol. The number of amides is 2. The van der Waals surface area contributed by atoms with Crippen LogP contribution in [0, 0.1) is 0 Å². The molecular weight excluding hydrogens is 448 g/mol. The Labute approximate surface area is 203 Å². The molecule has 2 amide bonds. The largest absolute Gasteiger partial charge is 0.493 e. The van der Waals surface area contributed by atoms with Crippen molar-refractivity contribution in [1.29, 1.82) is 0 Å². The molecule has 2 fully saturated rings. The van der Waals surface area contributed by atoms with Crippen LogP contribution in [0.5, 0.6) is 11.5 Å². The molecule has 2 aliphatic heterocycles. The van der Waals surface area contributed by atoms with Crippen LogP contribution in [-0.4, -0.2) is 71.2 Å². The van der Waals surface area contributed by atoms with Gasteiger partial charge in [0, 0.05) is 24.3 Å². The number of aromatic nitrogens is 3. The lowest BCUT2D eigenvalue weighted by Gasteiger charge is -2.43. The van der Waals surface area contributed by atoms with Gasteiger partial charge in [-0.05, 0) is 43.2 Å². The number of ether oxygens (including phenoxy) is 2. The Morgan fingerprint density at radius 3 is 2.51 bits per heavy atom. The van der Waals surface area contributed by atoms with Crippen molar-refractivity contribution in [3.8, 4) is 22.8 Å². The average Bonchev–Trinajstić information content (AvgIpc) is 3.49. The highest BCUT2D eigenvalue weighted by atomic mass is 16.5. The van der Waals surface area contributed by atoms with E-state index in [9.17, 15) is 9.59 Å². The number of nitrogens with zero attached hydrogens (tertiary/aromatic N) is 5. The maximum absolute atomic E-state index is 13.0. The van der Waals surface area contributed by atoms with Crippen molar-refractivity contribution in [2.45, 2.75) is 24.9 Å². The number of rotatable bonds is 6. The highest BCUT2D eigenvalue weighted by Crippen LogP contribution is 2.36. The van der Waals surface area contributed by atoms with E-state index >= 15 is 0 Å². The zero-order chi connectivity index (χ0) is 24.4.